The average Bonchev–Trinajstić information content (AvgIpc) is 1.59. The van der Waals surface area contributed by atoms with Crippen LogP contribution in [0.3, 0.4) is 0 Å². The zero-order chi connectivity index (χ0) is 64.5. The maximum absolute atomic E-state index is 7.37. The number of aromatic nitrogens is 8. The second-order valence-corrected chi connectivity index (χ2v) is 27.0. The molecular weight excluding hydrogens is 1140 g/mol. The van der Waals surface area contributed by atoms with Crippen LogP contribution in [0.25, 0.3) is 89.7 Å². The number of rotatable bonds is 16. The number of benzene rings is 8. The van der Waals surface area contributed by atoms with Crippen molar-refractivity contribution in [3.63, 3.8) is 0 Å². The molecule has 11 aromatic rings. The van der Waals surface area contributed by atoms with Gasteiger partial charge in [-0.2, -0.15) is 0 Å². The lowest BCUT2D eigenvalue weighted by molar-refractivity contribution is 0.465. The molecule has 0 amide bonds. The minimum Gasteiger partial charge on any atom is -0.456 e. The van der Waals surface area contributed by atoms with E-state index >= 15 is 0 Å². The highest BCUT2D eigenvalue weighted by atomic mass is 16.5. The van der Waals surface area contributed by atoms with Gasteiger partial charge in [0.15, 0.2) is 23.3 Å². The Balaban J connectivity index is 1.17. The summed E-state index contributed by atoms with van der Waals surface area (Å²) in [6, 6.07) is 50.1. The largest absolute Gasteiger partial charge is 0.456 e. The molecule has 0 radical (unpaired) electrons. The van der Waals surface area contributed by atoms with Gasteiger partial charge >= 0.3 is 0 Å². The van der Waals surface area contributed by atoms with Crippen LogP contribution < -0.4 is 18.9 Å². The first-order valence-corrected chi connectivity index (χ1v) is 32.8. The molecule has 0 aliphatic carbocycles. The summed E-state index contributed by atoms with van der Waals surface area (Å²) < 4.78 is 29.4. The molecule has 0 fully saturated rings. The molecule has 8 bridgehead atoms. The minimum absolute atomic E-state index is 0.170. The van der Waals surface area contributed by atoms with E-state index in [9.17, 15) is 0 Å². The summed E-state index contributed by atoms with van der Waals surface area (Å²) in [5, 5.41) is 2.96. The number of aromatic amines is 2. The number of H-pyrrole nitrogens is 2. The van der Waals surface area contributed by atoms with Crippen molar-refractivity contribution >= 4 is 44.1 Å². The summed E-state index contributed by atoms with van der Waals surface area (Å²) in [4.78, 5) is 41.0. The highest BCUT2D eigenvalue weighted by molar-refractivity contribution is 6.10. The Labute approximate surface area is 540 Å². The normalized spacial score (nSPS) is 12.3. The van der Waals surface area contributed by atoms with E-state index in [0.717, 1.165) is 94.8 Å². The Hall–Kier alpha value is -9.68. The quantitative estimate of drug-likeness (QED) is 0.0959. The van der Waals surface area contributed by atoms with Crippen LogP contribution in [0.5, 0.6) is 46.0 Å². The monoisotopic (exact) mass is 1220 g/mol. The minimum atomic E-state index is 0.170. The van der Waals surface area contributed by atoms with Gasteiger partial charge < -0.3 is 28.9 Å². The molecule has 2 aliphatic heterocycles. The summed E-state index contributed by atoms with van der Waals surface area (Å²) in [6.07, 6.45) is 0. The van der Waals surface area contributed by atoms with Gasteiger partial charge in [-0.25, -0.2) is 29.9 Å². The number of nitrogens with zero attached hydrogens (tertiary/aromatic N) is 6. The van der Waals surface area contributed by atoms with Crippen LogP contribution in [0.1, 0.15) is 203 Å². The fourth-order valence-corrected chi connectivity index (χ4v) is 13.0. The van der Waals surface area contributed by atoms with Crippen LogP contribution in [0.15, 0.2) is 146 Å². The van der Waals surface area contributed by atoms with Gasteiger partial charge in [-0.1, -0.05) is 232 Å². The van der Waals surface area contributed by atoms with Crippen molar-refractivity contribution in [3.05, 3.63) is 190 Å². The molecule has 3 aromatic heterocycles. The molecule has 5 heterocycles. The SMILES string of the molecule is CC(C)c1cccc(C(C)C)c1Oc1cccc2c1-c1nc-2nc2[nH]c(nc3nc(nc4[nH]c(n1)c1cccc(Oc5c(C(C)C)cccc5C(C)C)c41)-c1c(Oc4c(C(C)C)cccc4C(C)C)cccc1-3)c1c(Oc3c(C(C)C)cccc3C(C)C)cccc21. The Morgan fingerprint density at radius 1 is 0.250 bits per heavy atom. The molecule has 92 heavy (non-hydrogen) atoms. The van der Waals surface area contributed by atoms with E-state index in [1.165, 1.54) is 0 Å². The molecule has 2 N–H and O–H groups in total. The standard InChI is InChI=1S/C80H82N8O4/c1-41(2)49-25-17-26-50(42(3)4)69(49)89-61-37-21-33-57-65(61)77-82-73(57)81-74-58-34-22-38-62(90-70-51(43(5)6)27-18-28-52(70)44(7)8)66(58)78(83-74)85-76-60-36-24-40-64(92-72-55(47(13)14)31-20-32-56(72)48(15)16)68(60)80(87-76)88-79-67-59(75(84-77)86-79)35-23-39-63(67)91-71-53(45(9)10)29-19-30-54(71)46(11)12/h17-48H,1-16H3,(H2,81,82,83,84,85,86,87,88). The van der Waals surface area contributed by atoms with Crippen molar-refractivity contribution in [2.75, 3.05) is 0 Å². The number of hydrogen-bond acceptors (Lipinski definition) is 10. The average molecular weight is 1220 g/mol. The summed E-state index contributed by atoms with van der Waals surface area (Å²) >= 11 is 0. The van der Waals surface area contributed by atoms with Gasteiger partial charge in [0.05, 0.1) is 21.9 Å². The molecule has 466 valence electrons. The van der Waals surface area contributed by atoms with Crippen LogP contribution in [0.2, 0.25) is 0 Å². The van der Waals surface area contributed by atoms with E-state index in [4.69, 9.17) is 48.9 Å². The Morgan fingerprint density at radius 2 is 0.489 bits per heavy atom. The van der Waals surface area contributed by atoms with Gasteiger partial charge in [-0.15, -0.1) is 0 Å². The van der Waals surface area contributed by atoms with Gasteiger partial charge in [0.1, 0.15) is 68.6 Å². The van der Waals surface area contributed by atoms with Crippen molar-refractivity contribution < 1.29 is 18.9 Å². The molecule has 0 unspecified atom stereocenters. The second-order valence-electron chi connectivity index (χ2n) is 27.0. The smallest absolute Gasteiger partial charge is 0.168 e. The predicted molar refractivity (Wildman–Crippen MR) is 375 cm³/mol. The fourth-order valence-electron chi connectivity index (χ4n) is 13.0. The maximum atomic E-state index is 7.37. The second kappa shape index (κ2) is 24.5. The van der Waals surface area contributed by atoms with Crippen LogP contribution in [-0.4, -0.2) is 39.9 Å². The van der Waals surface area contributed by atoms with Gasteiger partial charge in [-0.3, -0.25) is 0 Å². The molecule has 0 spiro atoms. The number of ether oxygens (including phenoxy) is 4. The molecular formula is C80H82N8O4. The predicted octanol–water partition coefficient (Wildman–Crippen LogP) is 23.0. The molecule has 12 heteroatoms. The zero-order valence-electron chi connectivity index (χ0n) is 55.8. The first-order chi connectivity index (χ1) is 44.2. The van der Waals surface area contributed by atoms with Crippen molar-refractivity contribution in [2.45, 2.75) is 158 Å². The van der Waals surface area contributed by atoms with Gasteiger partial charge in [0.25, 0.3) is 0 Å². The summed E-state index contributed by atoms with van der Waals surface area (Å²) in [7, 11) is 0. The van der Waals surface area contributed by atoms with Crippen LogP contribution in [0, 0.1) is 0 Å². The van der Waals surface area contributed by atoms with E-state index in [0.29, 0.717) is 85.4 Å². The third kappa shape index (κ3) is 11.0. The van der Waals surface area contributed by atoms with Gasteiger partial charge in [0, 0.05) is 21.9 Å². The highest BCUT2D eigenvalue weighted by Crippen LogP contribution is 2.50. The third-order valence-electron chi connectivity index (χ3n) is 17.9. The molecule has 0 saturated carbocycles. The van der Waals surface area contributed by atoms with E-state index in [1.54, 1.807) is 0 Å². The van der Waals surface area contributed by atoms with Crippen LogP contribution in [-0.2, 0) is 0 Å². The number of para-hydroxylation sites is 4. The fraction of sp³-hybridized carbons (Fsp3) is 0.300. The zero-order valence-corrected chi connectivity index (χ0v) is 55.8. The van der Waals surface area contributed by atoms with Crippen molar-refractivity contribution in [3.8, 4) is 91.5 Å². The van der Waals surface area contributed by atoms with Gasteiger partial charge in [-0.05, 0) is 116 Å². The number of fused-ring (bicyclic) bond motifs is 20. The van der Waals surface area contributed by atoms with E-state index < -0.39 is 0 Å². The van der Waals surface area contributed by atoms with Crippen molar-refractivity contribution in [1.82, 2.24) is 39.9 Å². The maximum Gasteiger partial charge on any atom is 0.168 e. The molecule has 0 saturated heterocycles. The lowest BCUT2D eigenvalue weighted by Gasteiger charge is -2.21. The first-order valence-electron chi connectivity index (χ1n) is 32.8. The molecule has 8 aromatic carbocycles. The third-order valence-corrected chi connectivity index (χ3v) is 17.9. The Morgan fingerprint density at radius 3 is 0.793 bits per heavy atom. The number of hydrogen-bond donors (Lipinski definition) is 2. The topological polar surface area (TPSA) is 146 Å². The highest BCUT2D eigenvalue weighted by Gasteiger charge is 2.31. The Bertz CT molecular complexity index is 4770. The van der Waals surface area contributed by atoms with Crippen LogP contribution >= 0.6 is 0 Å². The van der Waals surface area contributed by atoms with E-state index in [1.807, 2.05) is 60.7 Å². The van der Waals surface area contributed by atoms with E-state index in [2.05, 4.69) is 206 Å². The molecule has 13 rings (SSSR count). The molecule has 0 atom stereocenters. The van der Waals surface area contributed by atoms with Gasteiger partial charge in [0.2, 0.25) is 0 Å². The summed E-state index contributed by atoms with van der Waals surface area (Å²) in [5.41, 5.74) is 13.7. The number of nitrogens with one attached hydrogen (secondary N) is 2. The molecule has 12 nitrogen and oxygen atoms in total. The summed E-state index contributed by atoms with van der Waals surface area (Å²) in [6.45, 7) is 35.3. The lowest BCUT2D eigenvalue weighted by atomic mass is 9.94. The first kappa shape index (κ1) is 61.2. The van der Waals surface area contributed by atoms with Crippen molar-refractivity contribution in [1.29, 1.82) is 0 Å². The summed E-state index contributed by atoms with van der Waals surface area (Å²) in [5.74, 6) is 8.71. The van der Waals surface area contributed by atoms with E-state index in [-0.39, 0.29) is 47.3 Å². The Kier molecular flexibility index (Phi) is 16.3. The van der Waals surface area contributed by atoms with Crippen molar-refractivity contribution in [2.24, 2.45) is 0 Å². The lowest BCUT2D eigenvalue weighted by Crippen LogP contribution is -2.01. The van der Waals surface area contributed by atoms with Crippen LogP contribution in [0.4, 0.5) is 0 Å². The molecule has 2 aliphatic rings.